The largest absolute Gasteiger partial charge is 0.460 e. The number of hydrogen-bond acceptors (Lipinski definition) is 9. The fraction of sp³-hybridized carbons (Fsp3) is 0.758. The molecule has 4 heterocycles. The Morgan fingerprint density at radius 1 is 1.17 bits per heavy atom. The molecule has 0 aliphatic carbocycles. The van der Waals surface area contributed by atoms with Crippen molar-refractivity contribution in [2.24, 2.45) is 11.8 Å². The van der Waals surface area contributed by atoms with E-state index < -0.39 is 41.7 Å². The van der Waals surface area contributed by atoms with Crippen molar-refractivity contribution in [3.63, 3.8) is 0 Å². The number of halogens is 1. The van der Waals surface area contributed by atoms with Crippen LogP contribution in [0.25, 0.3) is 0 Å². The molecule has 0 saturated carbocycles. The zero-order chi connectivity index (χ0) is 33.3. The lowest BCUT2D eigenvalue weighted by atomic mass is 9.70. The number of esters is 1. The lowest BCUT2D eigenvalue weighted by Crippen LogP contribution is -2.57. The highest BCUT2D eigenvalue weighted by Crippen LogP contribution is 2.60. The Hall–Kier alpha value is -2.32. The Balaban J connectivity index is 1.55. The van der Waals surface area contributed by atoms with Gasteiger partial charge in [0.2, 0.25) is 17.7 Å². The molecule has 4 aliphatic heterocycles. The highest BCUT2D eigenvalue weighted by Gasteiger charge is 2.77. The van der Waals surface area contributed by atoms with Crippen LogP contribution in [0.3, 0.4) is 0 Å². The van der Waals surface area contributed by atoms with Crippen LogP contribution in [0.5, 0.6) is 0 Å². The maximum Gasteiger partial charge on any atom is 0.312 e. The van der Waals surface area contributed by atoms with Gasteiger partial charge in [-0.1, -0.05) is 40.9 Å². The monoisotopic (exact) mass is 710 g/mol. The summed E-state index contributed by atoms with van der Waals surface area (Å²) in [5.74, 6) is -2.94. The minimum absolute atomic E-state index is 0.108. The van der Waals surface area contributed by atoms with Crippen LogP contribution in [0.2, 0.25) is 0 Å². The second-order valence-electron chi connectivity index (χ2n) is 12.7. The standard InChI is InChI=1S/C33H51BrN4O8/c1-4-6-11-25(40)35-22-23(3)45-32(43)26-27-30(41)38(13-9-7-8-10-18-39)29(33(27)21-24(34)28(26)46-33)31(42)37(12-5-2)15-14-36-16-19-44-20-17-36/h4-5,23-24,26-29,39H,1-2,6-22H2,3H3,(H,35,40)/t23-,24?,26-,27+,28-,29-,33+/m0/s1. The smallest absolute Gasteiger partial charge is 0.312 e. The van der Waals surface area contributed by atoms with E-state index in [1.54, 1.807) is 28.9 Å². The van der Waals surface area contributed by atoms with Gasteiger partial charge in [0.25, 0.3) is 0 Å². The predicted octanol–water partition coefficient (Wildman–Crippen LogP) is 1.65. The average Bonchev–Trinajstić information content (AvgIpc) is 3.64. The summed E-state index contributed by atoms with van der Waals surface area (Å²) in [5, 5.41) is 12.0. The van der Waals surface area contributed by atoms with Crippen LogP contribution in [0.15, 0.2) is 25.3 Å². The van der Waals surface area contributed by atoms with E-state index in [2.05, 4.69) is 39.3 Å². The van der Waals surface area contributed by atoms with E-state index in [-0.39, 0.29) is 35.7 Å². The van der Waals surface area contributed by atoms with Gasteiger partial charge in [0.05, 0.1) is 37.7 Å². The third-order valence-corrected chi connectivity index (χ3v) is 10.4. The fourth-order valence-electron chi connectivity index (χ4n) is 7.27. The molecule has 7 atom stereocenters. The first-order chi connectivity index (χ1) is 22.2. The van der Waals surface area contributed by atoms with Gasteiger partial charge in [-0.3, -0.25) is 24.1 Å². The summed E-state index contributed by atoms with van der Waals surface area (Å²) in [6.45, 7) is 14.2. The first kappa shape index (κ1) is 36.5. The van der Waals surface area contributed by atoms with Crippen LogP contribution >= 0.6 is 15.9 Å². The number of unbranched alkanes of at least 4 members (excludes halogenated alkanes) is 3. The zero-order valence-electron chi connectivity index (χ0n) is 27.1. The maximum absolute atomic E-state index is 14.6. The van der Waals surface area contributed by atoms with Gasteiger partial charge in [0.15, 0.2) is 0 Å². The summed E-state index contributed by atoms with van der Waals surface area (Å²) in [6, 6.07) is -0.892. The number of ether oxygens (including phenoxy) is 3. The molecule has 1 unspecified atom stereocenters. The van der Waals surface area contributed by atoms with Crippen molar-refractivity contribution in [1.82, 2.24) is 20.0 Å². The van der Waals surface area contributed by atoms with Gasteiger partial charge in [0.1, 0.15) is 17.7 Å². The third kappa shape index (κ3) is 8.21. The highest BCUT2D eigenvalue weighted by atomic mass is 79.9. The molecule has 0 aromatic heterocycles. The Morgan fingerprint density at radius 3 is 2.61 bits per heavy atom. The average molecular weight is 712 g/mol. The number of carbonyl (C=O) groups is 4. The van der Waals surface area contributed by atoms with Crippen molar-refractivity contribution in [2.45, 2.75) is 80.5 Å². The molecule has 258 valence electrons. The topological polar surface area (TPSA) is 138 Å². The Labute approximate surface area is 280 Å². The summed E-state index contributed by atoms with van der Waals surface area (Å²) < 4.78 is 17.9. The molecule has 4 saturated heterocycles. The number of amides is 3. The molecule has 46 heavy (non-hydrogen) atoms. The Kier molecular flexibility index (Phi) is 13.6. The number of fused-ring (bicyclic) bond motifs is 1. The lowest BCUT2D eigenvalue weighted by Gasteiger charge is -2.38. The number of aliphatic hydroxyl groups is 1. The number of aliphatic hydroxyl groups excluding tert-OH is 1. The van der Waals surface area contributed by atoms with Crippen LogP contribution in [0.1, 0.15) is 51.9 Å². The molecule has 4 aliphatic rings. The van der Waals surface area contributed by atoms with Gasteiger partial charge in [0, 0.05) is 57.1 Å². The number of allylic oxidation sites excluding steroid dienone is 1. The number of rotatable bonds is 19. The molecule has 4 rings (SSSR count). The molecule has 2 N–H and O–H groups in total. The quantitative estimate of drug-likeness (QED) is 0.0887. The van der Waals surface area contributed by atoms with Crippen LogP contribution in [-0.4, -0.2) is 138 Å². The van der Waals surface area contributed by atoms with Gasteiger partial charge < -0.3 is 34.4 Å². The van der Waals surface area contributed by atoms with Crippen molar-refractivity contribution in [2.75, 3.05) is 65.6 Å². The molecule has 0 aromatic rings. The molecule has 12 nitrogen and oxygen atoms in total. The number of carbonyl (C=O) groups excluding carboxylic acids is 4. The second kappa shape index (κ2) is 17.2. The summed E-state index contributed by atoms with van der Waals surface area (Å²) in [4.78, 5) is 60.1. The molecule has 13 heteroatoms. The highest BCUT2D eigenvalue weighted by molar-refractivity contribution is 9.09. The summed E-state index contributed by atoms with van der Waals surface area (Å²) in [7, 11) is 0. The van der Waals surface area contributed by atoms with Gasteiger partial charge in [-0.2, -0.15) is 0 Å². The van der Waals surface area contributed by atoms with Crippen LogP contribution in [-0.2, 0) is 33.4 Å². The number of likely N-dealkylation sites (tertiary alicyclic amines) is 1. The number of hydrogen-bond donors (Lipinski definition) is 2. The van der Waals surface area contributed by atoms with Crippen LogP contribution in [0, 0.1) is 11.8 Å². The lowest BCUT2D eigenvalue weighted by molar-refractivity contribution is -0.159. The van der Waals surface area contributed by atoms with E-state index in [1.165, 1.54) is 0 Å². The Morgan fingerprint density at radius 2 is 1.91 bits per heavy atom. The van der Waals surface area contributed by atoms with Gasteiger partial charge >= 0.3 is 5.97 Å². The molecule has 3 amide bonds. The third-order valence-electron chi connectivity index (χ3n) is 9.53. The van der Waals surface area contributed by atoms with E-state index in [0.717, 1.165) is 25.9 Å². The van der Waals surface area contributed by atoms with Crippen LogP contribution in [0.4, 0.5) is 0 Å². The molecular weight excluding hydrogens is 660 g/mol. The van der Waals surface area contributed by atoms with Crippen LogP contribution < -0.4 is 5.32 Å². The minimum Gasteiger partial charge on any atom is -0.460 e. The number of alkyl halides is 1. The van der Waals surface area contributed by atoms with Crippen molar-refractivity contribution in [3.8, 4) is 0 Å². The van der Waals surface area contributed by atoms with Crippen molar-refractivity contribution in [3.05, 3.63) is 25.3 Å². The van der Waals surface area contributed by atoms with Crippen molar-refractivity contribution < 1.29 is 38.5 Å². The van der Waals surface area contributed by atoms with Gasteiger partial charge in [-0.05, 0) is 32.6 Å². The summed E-state index contributed by atoms with van der Waals surface area (Å²) in [5.41, 5.74) is -1.18. The number of morpholine rings is 1. The SMILES string of the molecule is C=CCCC(=O)NC[C@H](C)OC(=O)[C@@H]1[C@H]2O[C@@]3(CC2Br)[C@H](C(=O)N(CC=C)CCN2CCOCC2)N(CCCCCCO)C(=O)[C@@H]13. The number of nitrogens with one attached hydrogen (secondary N) is 1. The van der Waals surface area contributed by atoms with E-state index in [4.69, 9.17) is 14.2 Å². The predicted molar refractivity (Wildman–Crippen MR) is 175 cm³/mol. The minimum atomic E-state index is -1.18. The fourth-order valence-corrected chi connectivity index (χ4v) is 8.21. The van der Waals surface area contributed by atoms with E-state index in [1.807, 2.05) is 0 Å². The molecule has 0 radical (unpaired) electrons. The first-order valence-corrected chi connectivity index (χ1v) is 17.6. The normalized spacial score (nSPS) is 29.3. The maximum atomic E-state index is 14.6. The summed E-state index contributed by atoms with van der Waals surface area (Å²) in [6.07, 6.45) is 6.32. The molecule has 4 fully saturated rings. The molecule has 0 aromatic carbocycles. The molecule has 1 spiro atoms. The van der Waals surface area contributed by atoms with Gasteiger partial charge in [-0.15, -0.1) is 13.2 Å². The zero-order valence-corrected chi connectivity index (χ0v) is 28.7. The van der Waals surface area contributed by atoms with Crippen molar-refractivity contribution >= 4 is 39.6 Å². The first-order valence-electron chi connectivity index (χ1n) is 16.7. The second-order valence-corrected chi connectivity index (χ2v) is 13.9. The summed E-state index contributed by atoms with van der Waals surface area (Å²) >= 11 is 3.71. The van der Waals surface area contributed by atoms with E-state index >= 15 is 0 Å². The van der Waals surface area contributed by atoms with Gasteiger partial charge in [-0.25, -0.2) is 0 Å². The van der Waals surface area contributed by atoms with E-state index in [9.17, 15) is 24.3 Å². The molecular formula is C33H51BrN4O8. The molecule has 2 bridgehead atoms. The van der Waals surface area contributed by atoms with Crippen molar-refractivity contribution in [1.29, 1.82) is 0 Å². The number of nitrogens with zero attached hydrogens (tertiary/aromatic N) is 3. The Bertz CT molecular complexity index is 1100. The van der Waals surface area contributed by atoms with E-state index in [0.29, 0.717) is 71.5 Å².